The highest BCUT2D eigenvalue weighted by Gasteiger charge is 2.30. The summed E-state index contributed by atoms with van der Waals surface area (Å²) in [7, 11) is -0.552. The number of nitrogens with one attached hydrogen (secondary N) is 1. The van der Waals surface area contributed by atoms with E-state index in [2.05, 4.69) is 14.8 Å². The van der Waals surface area contributed by atoms with Gasteiger partial charge in [-0.2, -0.15) is 17.8 Å². The predicted molar refractivity (Wildman–Crippen MR) is 121 cm³/mol. The quantitative estimate of drug-likeness (QED) is 0.457. The number of aromatic nitrogens is 3. The van der Waals surface area contributed by atoms with Gasteiger partial charge in [0.2, 0.25) is 0 Å². The van der Waals surface area contributed by atoms with Crippen molar-refractivity contribution < 1.29 is 22.7 Å². The minimum Gasteiger partial charge on any atom is -0.376 e. The number of likely N-dealkylation sites (N-methyl/N-ethyl adjacent to an activating group) is 1. The lowest BCUT2D eigenvalue weighted by atomic mass is 10.1. The van der Waals surface area contributed by atoms with Crippen molar-refractivity contribution in [2.75, 3.05) is 38.1 Å². The van der Waals surface area contributed by atoms with Gasteiger partial charge < -0.3 is 9.47 Å². The lowest BCUT2D eigenvalue weighted by Gasteiger charge is -2.27. The highest BCUT2D eigenvalue weighted by molar-refractivity contribution is 7.90. The first-order valence-electron chi connectivity index (χ1n) is 10.4. The number of ketones is 1. The summed E-state index contributed by atoms with van der Waals surface area (Å²) in [6, 6.07) is 6.69. The highest BCUT2D eigenvalue weighted by Crippen LogP contribution is 2.38. The summed E-state index contributed by atoms with van der Waals surface area (Å²) >= 11 is 0. The third-order valence-corrected chi connectivity index (χ3v) is 7.16. The van der Waals surface area contributed by atoms with Crippen molar-refractivity contribution in [3.05, 3.63) is 54.0 Å². The largest absolute Gasteiger partial charge is 0.376 e. The number of anilines is 1. The Kier molecular flexibility index (Phi) is 5.49. The second-order valence-corrected chi connectivity index (χ2v) is 9.85. The van der Waals surface area contributed by atoms with Crippen LogP contribution in [-0.4, -0.2) is 72.8 Å². The van der Waals surface area contributed by atoms with E-state index in [-0.39, 0.29) is 18.4 Å². The third-order valence-electron chi connectivity index (χ3n) is 5.69. The van der Waals surface area contributed by atoms with Gasteiger partial charge in [-0.25, -0.2) is 0 Å². The Bertz CT molecular complexity index is 1330. The van der Waals surface area contributed by atoms with Crippen molar-refractivity contribution >= 4 is 21.7 Å². The van der Waals surface area contributed by atoms with Crippen LogP contribution >= 0.6 is 0 Å². The average molecular weight is 470 g/mol. The number of carbonyl (C=O) groups is 1. The topological polar surface area (TPSA) is 116 Å². The van der Waals surface area contributed by atoms with Crippen LogP contribution in [0.1, 0.15) is 15.9 Å². The number of rotatable bonds is 6. The number of benzene rings is 1. The van der Waals surface area contributed by atoms with Crippen LogP contribution in [0.2, 0.25) is 0 Å². The van der Waals surface area contributed by atoms with Crippen LogP contribution in [0.3, 0.4) is 0 Å². The Morgan fingerprint density at radius 2 is 2.00 bits per heavy atom. The molecule has 2 aliphatic rings. The maximum absolute atomic E-state index is 13.1. The number of carbonyl (C=O) groups excluding carboxylic acids is 1. The van der Waals surface area contributed by atoms with Crippen molar-refractivity contribution in [2.45, 2.75) is 6.10 Å². The SMILES string of the molecule is CN(C[C@@H]1COCCO1)S(=O)(=O)Nc1ccc2c(c1)C(=O)c1cc(-c3cnn(C)c3)cnc1-2. The molecule has 0 spiro atoms. The summed E-state index contributed by atoms with van der Waals surface area (Å²) in [5.41, 5.74) is 4.11. The van der Waals surface area contributed by atoms with Crippen LogP contribution in [-0.2, 0) is 26.7 Å². The zero-order chi connectivity index (χ0) is 23.2. The van der Waals surface area contributed by atoms with E-state index in [4.69, 9.17) is 9.47 Å². The lowest BCUT2D eigenvalue weighted by molar-refractivity contribution is -0.0908. The number of ether oxygens (including phenoxy) is 2. The van der Waals surface area contributed by atoms with E-state index < -0.39 is 10.2 Å². The number of hydrogen-bond donors (Lipinski definition) is 1. The summed E-state index contributed by atoms with van der Waals surface area (Å²) < 4.78 is 41.8. The van der Waals surface area contributed by atoms with Gasteiger partial charge in [0, 0.05) is 60.9 Å². The van der Waals surface area contributed by atoms with E-state index >= 15 is 0 Å². The Labute approximate surface area is 191 Å². The van der Waals surface area contributed by atoms with E-state index in [1.54, 1.807) is 41.3 Å². The monoisotopic (exact) mass is 469 g/mol. The molecule has 10 nitrogen and oxygen atoms in total. The van der Waals surface area contributed by atoms with Gasteiger partial charge in [0.1, 0.15) is 0 Å². The Hall–Kier alpha value is -3.12. The molecule has 3 aromatic rings. The van der Waals surface area contributed by atoms with Gasteiger partial charge in [0.15, 0.2) is 5.78 Å². The number of hydrogen-bond acceptors (Lipinski definition) is 7. The van der Waals surface area contributed by atoms with Crippen LogP contribution in [0.4, 0.5) is 5.69 Å². The van der Waals surface area contributed by atoms with Gasteiger partial charge >= 0.3 is 10.2 Å². The molecule has 0 amide bonds. The summed E-state index contributed by atoms with van der Waals surface area (Å²) in [5, 5.41) is 4.16. The number of fused-ring (bicyclic) bond motifs is 3. The molecule has 1 saturated heterocycles. The van der Waals surface area contributed by atoms with Crippen LogP contribution in [0.5, 0.6) is 0 Å². The first-order chi connectivity index (χ1) is 15.8. The first kappa shape index (κ1) is 21.7. The smallest absolute Gasteiger partial charge is 0.301 e. The molecular weight excluding hydrogens is 446 g/mol. The number of aryl methyl sites for hydroxylation is 1. The molecule has 0 saturated carbocycles. The average Bonchev–Trinajstić information content (AvgIpc) is 3.35. The van der Waals surface area contributed by atoms with E-state index in [1.807, 2.05) is 13.2 Å². The summed E-state index contributed by atoms with van der Waals surface area (Å²) in [4.78, 5) is 17.6. The standard InChI is InChI=1S/C22H23N5O5S/c1-26-11-15(10-24-26)14-7-20-21(23-9-14)18-4-3-16(8-19(18)22(20)28)25-33(29,30)27(2)12-17-13-31-5-6-32-17/h3-4,7-11,17,25H,5-6,12-13H2,1-2H3/t17-/m1/s1. The molecule has 0 bridgehead atoms. The highest BCUT2D eigenvalue weighted by atomic mass is 32.2. The Morgan fingerprint density at radius 1 is 1.15 bits per heavy atom. The zero-order valence-corrected chi connectivity index (χ0v) is 19.0. The van der Waals surface area contributed by atoms with Gasteiger partial charge in [-0.3, -0.25) is 19.2 Å². The fourth-order valence-electron chi connectivity index (χ4n) is 3.98. The van der Waals surface area contributed by atoms with E-state index in [0.29, 0.717) is 47.9 Å². The maximum atomic E-state index is 13.1. The predicted octanol–water partition coefficient (Wildman–Crippen LogP) is 1.70. The molecule has 0 unspecified atom stereocenters. The molecule has 1 aliphatic heterocycles. The Balaban J connectivity index is 1.36. The minimum atomic E-state index is -3.84. The summed E-state index contributed by atoms with van der Waals surface area (Å²) in [5.74, 6) is -0.194. The van der Waals surface area contributed by atoms with Gasteiger partial charge in [0.05, 0.1) is 43.5 Å². The third kappa shape index (κ3) is 4.15. The molecule has 33 heavy (non-hydrogen) atoms. The van der Waals surface area contributed by atoms with Crippen molar-refractivity contribution in [1.29, 1.82) is 0 Å². The molecule has 3 heterocycles. The van der Waals surface area contributed by atoms with E-state index in [0.717, 1.165) is 11.1 Å². The molecule has 11 heteroatoms. The maximum Gasteiger partial charge on any atom is 0.301 e. The molecule has 172 valence electrons. The lowest BCUT2D eigenvalue weighted by Crippen LogP contribution is -2.42. The van der Waals surface area contributed by atoms with Crippen LogP contribution in [0, 0.1) is 0 Å². The molecule has 5 rings (SSSR count). The molecule has 1 fully saturated rings. The fourth-order valence-corrected chi connectivity index (χ4v) is 4.92. The van der Waals surface area contributed by atoms with Crippen LogP contribution in [0.25, 0.3) is 22.4 Å². The fraction of sp³-hybridized carbons (Fsp3) is 0.318. The summed E-state index contributed by atoms with van der Waals surface area (Å²) in [6.07, 6.45) is 4.95. The van der Waals surface area contributed by atoms with Crippen molar-refractivity contribution in [1.82, 2.24) is 19.1 Å². The van der Waals surface area contributed by atoms with Crippen LogP contribution < -0.4 is 4.72 Å². The van der Waals surface area contributed by atoms with Crippen LogP contribution in [0.15, 0.2) is 42.9 Å². The van der Waals surface area contributed by atoms with E-state index in [1.165, 1.54) is 11.4 Å². The van der Waals surface area contributed by atoms with Crippen molar-refractivity contribution in [2.24, 2.45) is 7.05 Å². The number of pyridine rings is 1. The van der Waals surface area contributed by atoms with E-state index in [9.17, 15) is 13.2 Å². The Morgan fingerprint density at radius 3 is 2.73 bits per heavy atom. The van der Waals surface area contributed by atoms with Gasteiger partial charge in [-0.05, 0) is 24.3 Å². The van der Waals surface area contributed by atoms with Gasteiger partial charge in [0.25, 0.3) is 0 Å². The molecule has 1 N–H and O–H groups in total. The second kappa shape index (κ2) is 8.34. The molecule has 0 radical (unpaired) electrons. The molecule has 1 atom stereocenters. The minimum absolute atomic E-state index is 0.158. The van der Waals surface area contributed by atoms with Gasteiger partial charge in [-0.1, -0.05) is 0 Å². The second-order valence-electron chi connectivity index (χ2n) is 8.07. The van der Waals surface area contributed by atoms with Crippen molar-refractivity contribution in [3.63, 3.8) is 0 Å². The normalized spacial score (nSPS) is 17.8. The molecule has 1 aliphatic carbocycles. The van der Waals surface area contributed by atoms with Crippen molar-refractivity contribution in [3.8, 4) is 22.4 Å². The molecular formula is C22H23N5O5S. The van der Waals surface area contributed by atoms with Gasteiger partial charge in [-0.15, -0.1) is 0 Å². The molecule has 2 aromatic heterocycles. The molecule has 1 aromatic carbocycles. The zero-order valence-electron chi connectivity index (χ0n) is 18.2. The first-order valence-corrected chi connectivity index (χ1v) is 11.9. The summed E-state index contributed by atoms with van der Waals surface area (Å²) in [6.45, 7) is 1.45. The number of nitrogens with zero attached hydrogens (tertiary/aromatic N) is 4.